The van der Waals surface area contributed by atoms with Crippen molar-refractivity contribution in [3.05, 3.63) is 0 Å². The number of ether oxygens (including phenoxy) is 1. The Labute approximate surface area is 92.2 Å². The van der Waals surface area contributed by atoms with E-state index in [2.05, 4.69) is 19.2 Å². The van der Waals surface area contributed by atoms with Crippen molar-refractivity contribution in [1.82, 2.24) is 5.32 Å². The maximum Gasteiger partial charge on any atom is 0.0726 e. The van der Waals surface area contributed by atoms with E-state index in [1.54, 1.807) is 0 Å². The summed E-state index contributed by atoms with van der Waals surface area (Å²) in [6, 6.07) is 0.271. The highest BCUT2D eigenvalue weighted by Gasteiger charge is 2.40. The molecule has 3 heteroatoms. The van der Waals surface area contributed by atoms with E-state index in [4.69, 9.17) is 4.74 Å². The highest BCUT2D eigenvalue weighted by Crippen LogP contribution is 2.28. The smallest absolute Gasteiger partial charge is 0.0726 e. The van der Waals surface area contributed by atoms with Crippen LogP contribution in [0.15, 0.2) is 0 Å². The van der Waals surface area contributed by atoms with Gasteiger partial charge in [0.05, 0.1) is 12.2 Å². The maximum absolute atomic E-state index is 9.93. The Morgan fingerprint density at radius 2 is 2.07 bits per heavy atom. The molecule has 15 heavy (non-hydrogen) atoms. The third-order valence-electron chi connectivity index (χ3n) is 4.13. The van der Waals surface area contributed by atoms with Crippen LogP contribution in [0.3, 0.4) is 0 Å². The average molecular weight is 213 g/mol. The summed E-state index contributed by atoms with van der Waals surface area (Å²) in [5, 5.41) is 13.5. The molecule has 1 saturated heterocycles. The summed E-state index contributed by atoms with van der Waals surface area (Å²) in [6.45, 7) is 5.18. The van der Waals surface area contributed by atoms with Crippen LogP contribution in [0.5, 0.6) is 0 Å². The molecule has 0 radical (unpaired) electrons. The minimum Gasteiger partial charge on any atom is -0.392 e. The van der Waals surface area contributed by atoms with Crippen molar-refractivity contribution >= 4 is 0 Å². The van der Waals surface area contributed by atoms with Crippen LogP contribution in [-0.4, -0.2) is 35.5 Å². The van der Waals surface area contributed by atoms with Crippen molar-refractivity contribution in [2.75, 3.05) is 6.61 Å². The largest absolute Gasteiger partial charge is 0.392 e. The summed E-state index contributed by atoms with van der Waals surface area (Å²) in [4.78, 5) is 0. The number of hydrogen-bond donors (Lipinski definition) is 2. The van der Waals surface area contributed by atoms with Crippen LogP contribution in [0.1, 0.15) is 46.0 Å². The van der Waals surface area contributed by atoms with E-state index in [9.17, 15) is 5.11 Å². The van der Waals surface area contributed by atoms with Gasteiger partial charge >= 0.3 is 0 Å². The van der Waals surface area contributed by atoms with Crippen LogP contribution in [0, 0.1) is 0 Å². The maximum atomic E-state index is 9.93. The predicted molar refractivity (Wildman–Crippen MR) is 59.8 cm³/mol. The molecule has 2 rings (SSSR count). The van der Waals surface area contributed by atoms with Crippen LogP contribution in [0.4, 0.5) is 0 Å². The van der Waals surface area contributed by atoms with Gasteiger partial charge in [-0.2, -0.15) is 0 Å². The molecule has 1 aliphatic carbocycles. The van der Waals surface area contributed by atoms with Gasteiger partial charge in [0.15, 0.2) is 0 Å². The monoisotopic (exact) mass is 213 g/mol. The van der Waals surface area contributed by atoms with Crippen molar-refractivity contribution in [3.63, 3.8) is 0 Å². The van der Waals surface area contributed by atoms with E-state index >= 15 is 0 Å². The number of hydrogen-bond acceptors (Lipinski definition) is 3. The van der Waals surface area contributed by atoms with E-state index in [0.717, 1.165) is 25.9 Å². The molecule has 0 aromatic rings. The van der Waals surface area contributed by atoms with Gasteiger partial charge in [-0.3, -0.25) is 0 Å². The SMILES string of the molecule is CC1OCCC1(C)N[C@H]1CCCC[C@@H]1O. The third-order valence-corrected chi connectivity index (χ3v) is 4.13. The number of rotatable bonds is 2. The van der Waals surface area contributed by atoms with Crippen LogP contribution >= 0.6 is 0 Å². The summed E-state index contributed by atoms with van der Waals surface area (Å²) in [5.74, 6) is 0. The molecule has 2 N–H and O–H groups in total. The molecule has 0 spiro atoms. The van der Waals surface area contributed by atoms with Gasteiger partial charge in [-0.15, -0.1) is 0 Å². The van der Waals surface area contributed by atoms with Crippen molar-refractivity contribution in [1.29, 1.82) is 0 Å². The van der Waals surface area contributed by atoms with E-state index in [0.29, 0.717) is 0 Å². The lowest BCUT2D eigenvalue weighted by Crippen LogP contribution is -2.56. The second kappa shape index (κ2) is 4.40. The molecule has 0 aromatic carbocycles. The molecule has 0 aromatic heterocycles. The average Bonchev–Trinajstić information content (AvgIpc) is 2.51. The zero-order valence-electron chi connectivity index (χ0n) is 9.83. The van der Waals surface area contributed by atoms with Crippen LogP contribution < -0.4 is 5.32 Å². The third kappa shape index (κ3) is 2.35. The summed E-state index contributed by atoms with van der Waals surface area (Å²) < 4.78 is 5.60. The second-order valence-corrected chi connectivity index (χ2v) is 5.28. The zero-order valence-corrected chi connectivity index (χ0v) is 9.83. The Balaban J connectivity index is 1.94. The minimum absolute atomic E-state index is 0.0585. The fraction of sp³-hybridized carbons (Fsp3) is 1.00. The number of aliphatic hydroxyl groups excluding tert-OH is 1. The standard InChI is InChI=1S/C12H23NO2/c1-9-12(2,7-8-15-9)13-10-5-3-4-6-11(10)14/h9-11,13-14H,3-8H2,1-2H3/t9?,10-,11-,12?/m0/s1. The molecule has 2 unspecified atom stereocenters. The highest BCUT2D eigenvalue weighted by atomic mass is 16.5. The summed E-state index contributed by atoms with van der Waals surface area (Å²) >= 11 is 0. The Morgan fingerprint density at radius 1 is 1.33 bits per heavy atom. The van der Waals surface area contributed by atoms with Crippen LogP contribution in [-0.2, 0) is 4.74 Å². The normalized spacial score (nSPS) is 47.0. The van der Waals surface area contributed by atoms with Crippen molar-refractivity contribution < 1.29 is 9.84 Å². The van der Waals surface area contributed by atoms with Gasteiger partial charge < -0.3 is 15.2 Å². The van der Waals surface area contributed by atoms with E-state index in [1.165, 1.54) is 12.8 Å². The molecule has 0 bridgehead atoms. The molecular weight excluding hydrogens is 190 g/mol. The quantitative estimate of drug-likeness (QED) is 0.729. The first-order chi connectivity index (χ1) is 7.12. The van der Waals surface area contributed by atoms with Gasteiger partial charge in [-0.05, 0) is 33.1 Å². The molecule has 1 heterocycles. The van der Waals surface area contributed by atoms with Crippen molar-refractivity contribution in [2.24, 2.45) is 0 Å². The van der Waals surface area contributed by atoms with E-state index < -0.39 is 0 Å². The topological polar surface area (TPSA) is 41.5 Å². The van der Waals surface area contributed by atoms with Gasteiger partial charge in [-0.25, -0.2) is 0 Å². The van der Waals surface area contributed by atoms with Gasteiger partial charge in [0, 0.05) is 18.2 Å². The van der Waals surface area contributed by atoms with E-state index in [1.807, 2.05) is 0 Å². The molecule has 2 fully saturated rings. The highest BCUT2D eigenvalue weighted by molar-refractivity contribution is 4.97. The molecule has 4 atom stereocenters. The number of nitrogens with one attached hydrogen (secondary N) is 1. The Bertz CT molecular complexity index is 222. The lowest BCUT2D eigenvalue weighted by atomic mass is 9.87. The van der Waals surface area contributed by atoms with Gasteiger partial charge in [0.25, 0.3) is 0 Å². The van der Waals surface area contributed by atoms with E-state index in [-0.39, 0.29) is 23.8 Å². The van der Waals surface area contributed by atoms with Crippen LogP contribution in [0.2, 0.25) is 0 Å². The zero-order chi connectivity index (χ0) is 10.9. The molecule has 1 saturated carbocycles. The predicted octanol–water partition coefficient (Wildman–Crippen LogP) is 1.45. The van der Waals surface area contributed by atoms with Crippen molar-refractivity contribution in [2.45, 2.75) is 69.7 Å². The first-order valence-electron chi connectivity index (χ1n) is 6.19. The summed E-state index contributed by atoms with van der Waals surface area (Å²) in [7, 11) is 0. The fourth-order valence-electron chi connectivity index (χ4n) is 2.73. The Kier molecular flexibility index (Phi) is 3.33. The van der Waals surface area contributed by atoms with Crippen molar-refractivity contribution in [3.8, 4) is 0 Å². The lowest BCUT2D eigenvalue weighted by molar-refractivity contribution is 0.0460. The first kappa shape index (κ1) is 11.4. The van der Waals surface area contributed by atoms with Gasteiger partial charge in [-0.1, -0.05) is 12.8 Å². The Hall–Kier alpha value is -0.120. The first-order valence-corrected chi connectivity index (χ1v) is 6.19. The van der Waals surface area contributed by atoms with Gasteiger partial charge in [0.2, 0.25) is 0 Å². The molecule has 3 nitrogen and oxygen atoms in total. The molecule has 1 aliphatic heterocycles. The second-order valence-electron chi connectivity index (χ2n) is 5.28. The number of aliphatic hydroxyl groups is 1. The summed E-state index contributed by atoms with van der Waals surface area (Å²) in [6.07, 6.45) is 5.60. The molecule has 88 valence electrons. The Morgan fingerprint density at radius 3 is 2.67 bits per heavy atom. The minimum atomic E-state index is -0.164. The van der Waals surface area contributed by atoms with Crippen LogP contribution in [0.25, 0.3) is 0 Å². The van der Waals surface area contributed by atoms with Gasteiger partial charge in [0.1, 0.15) is 0 Å². The molecule has 0 amide bonds. The molecule has 2 aliphatic rings. The summed E-state index contributed by atoms with van der Waals surface area (Å²) in [5.41, 5.74) is 0.0585. The molecular formula is C12H23NO2. The lowest BCUT2D eigenvalue weighted by Gasteiger charge is -2.38. The fourth-order valence-corrected chi connectivity index (χ4v) is 2.73.